The fourth-order valence-electron chi connectivity index (χ4n) is 2.18. The second kappa shape index (κ2) is 5.81. The van der Waals surface area contributed by atoms with E-state index in [2.05, 4.69) is 29.6 Å². The quantitative estimate of drug-likeness (QED) is 0.643. The highest BCUT2D eigenvalue weighted by atomic mass is 35.5. The third-order valence-corrected chi connectivity index (χ3v) is 3.35. The Morgan fingerprint density at radius 2 is 1.45 bits per heavy atom. The van der Waals surface area contributed by atoms with Gasteiger partial charge in [0, 0.05) is 22.0 Å². The maximum Gasteiger partial charge on any atom is 0.0463 e. The van der Waals surface area contributed by atoms with Crippen molar-refractivity contribution in [3.8, 4) is 11.1 Å². The molecule has 3 rings (SSSR count). The average Bonchev–Trinajstić information content (AvgIpc) is 2.49. The van der Waals surface area contributed by atoms with Crippen LogP contribution in [0.5, 0.6) is 0 Å². The zero-order valence-corrected chi connectivity index (χ0v) is 11.6. The normalized spacial score (nSPS) is 10.2. The van der Waals surface area contributed by atoms with Gasteiger partial charge in [-0.2, -0.15) is 0 Å². The third-order valence-electron chi connectivity index (χ3n) is 3.12. The van der Waals surface area contributed by atoms with E-state index in [9.17, 15) is 0 Å². The van der Waals surface area contributed by atoms with Crippen molar-refractivity contribution in [3.63, 3.8) is 0 Å². The van der Waals surface area contributed by atoms with Crippen molar-refractivity contribution in [1.29, 1.82) is 0 Å². The molecular formula is C18H14ClN. The van der Waals surface area contributed by atoms with Crippen molar-refractivity contribution in [2.45, 2.75) is 0 Å². The van der Waals surface area contributed by atoms with Gasteiger partial charge >= 0.3 is 0 Å². The molecular weight excluding hydrogens is 266 g/mol. The van der Waals surface area contributed by atoms with E-state index in [1.807, 2.05) is 54.6 Å². The summed E-state index contributed by atoms with van der Waals surface area (Å²) in [4.78, 5) is 0. The fraction of sp³-hybridized carbons (Fsp3) is 0. The molecule has 0 atom stereocenters. The molecule has 2 heteroatoms. The number of anilines is 2. The van der Waals surface area contributed by atoms with Crippen LogP contribution in [0.15, 0.2) is 78.9 Å². The van der Waals surface area contributed by atoms with Crippen LogP contribution in [0.25, 0.3) is 11.1 Å². The lowest BCUT2D eigenvalue weighted by atomic mass is 10.0. The summed E-state index contributed by atoms with van der Waals surface area (Å²) in [6, 6.07) is 26.3. The van der Waals surface area contributed by atoms with Crippen LogP contribution in [0.4, 0.5) is 11.4 Å². The van der Waals surface area contributed by atoms with Gasteiger partial charge in [0.2, 0.25) is 0 Å². The van der Waals surface area contributed by atoms with E-state index in [0.29, 0.717) is 0 Å². The lowest BCUT2D eigenvalue weighted by Gasteiger charge is -2.12. The number of rotatable bonds is 3. The van der Waals surface area contributed by atoms with Crippen LogP contribution in [0.1, 0.15) is 0 Å². The lowest BCUT2D eigenvalue weighted by molar-refractivity contribution is 1.53. The van der Waals surface area contributed by atoms with E-state index in [1.54, 1.807) is 0 Å². The molecule has 98 valence electrons. The molecule has 0 heterocycles. The van der Waals surface area contributed by atoms with Gasteiger partial charge in [-0.1, -0.05) is 66.2 Å². The SMILES string of the molecule is Clc1cccc(Nc2ccccc2-c2ccccc2)c1. The highest BCUT2D eigenvalue weighted by Gasteiger charge is 2.04. The smallest absolute Gasteiger partial charge is 0.0463 e. The van der Waals surface area contributed by atoms with Crippen molar-refractivity contribution < 1.29 is 0 Å². The first-order valence-corrected chi connectivity index (χ1v) is 6.88. The van der Waals surface area contributed by atoms with Crippen LogP contribution < -0.4 is 5.32 Å². The molecule has 3 aromatic carbocycles. The molecule has 0 aliphatic heterocycles. The van der Waals surface area contributed by atoms with Gasteiger partial charge in [-0.25, -0.2) is 0 Å². The predicted molar refractivity (Wildman–Crippen MR) is 86.6 cm³/mol. The van der Waals surface area contributed by atoms with Gasteiger partial charge < -0.3 is 5.32 Å². The van der Waals surface area contributed by atoms with Crippen LogP contribution in [-0.4, -0.2) is 0 Å². The Bertz CT molecular complexity index is 707. The molecule has 1 nitrogen and oxygen atoms in total. The highest BCUT2D eigenvalue weighted by molar-refractivity contribution is 6.30. The van der Waals surface area contributed by atoms with Crippen molar-refractivity contribution in [3.05, 3.63) is 83.9 Å². The number of nitrogens with one attached hydrogen (secondary N) is 1. The molecule has 0 aromatic heterocycles. The van der Waals surface area contributed by atoms with Gasteiger partial charge in [-0.15, -0.1) is 0 Å². The van der Waals surface area contributed by atoms with Crippen LogP contribution in [0.2, 0.25) is 5.02 Å². The summed E-state index contributed by atoms with van der Waals surface area (Å²) in [5.41, 5.74) is 4.42. The summed E-state index contributed by atoms with van der Waals surface area (Å²) in [7, 11) is 0. The third kappa shape index (κ3) is 2.84. The molecule has 0 aliphatic rings. The maximum atomic E-state index is 6.03. The average molecular weight is 280 g/mol. The molecule has 0 radical (unpaired) electrons. The maximum absolute atomic E-state index is 6.03. The Labute approximate surface area is 123 Å². The summed E-state index contributed by atoms with van der Waals surface area (Å²) in [6.07, 6.45) is 0. The number of benzene rings is 3. The first-order valence-electron chi connectivity index (χ1n) is 6.50. The van der Waals surface area contributed by atoms with Crippen molar-refractivity contribution in [2.75, 3.05) is 5.32 Å². The topological polar surface area (TPSA) is 12.0 Å². The van der Waals surface area contributed by atoms with E-state index in [-0.39, 0.29) is 0 Å². The Balaban J connectivity index is 1.99. The molecule has 0 spiro atoms. The number of hydrogen-bond acceptors (Lipinski definition) is 1. The van der Waals surface area contributed by atoms with E-state index in [4.69, 9.17) is 11.6 Å². The Kier molecular flexibility index (Phi) is 3.71. The molecule has 0 fully saturated rings. The monoisotopic (exact) mass is 279 g/mol. The van der Waals surface area contributed by atoms with Gasteiger partial charge in [0.25, 0.3) is 0 Å². The fourth-order valence-corrected chi connectivity index (χ4v) is 2.37. The van der Waals surface area contributed by atoms with E-state index in [0.717, 1.165) is 16.4 Å². The Hall–Kier alpha value is -2.25. The first kappa shape index (κ1) is 12.8. The molecule has 0 unspecified atom stereocenters. The summed E-state index contributed by atoms with van der Waals surface area (Å²) >= 11 is 6.03. The van der Waals surface area contributed by atoms with Gasteiger partial charge in [-0.05, 0) is 29.8 Å². The van der Waals surface area contributed by atoms with Crippen LogP contribution in [-0.2, 0) is 0 Å². The van der Waals surface area contributed by atoms with Crippen LogP contribution in [0, 0.1) is 0 Å². The zero-order chi connectivity index (χ0) is 13.8. The second-order valence-electron chi connectivity index (χ2n) is 4.55. The number of para-hydroxylation sites is 1. The Morgan fingerprint density at radius 1 is 0.700 bits per heavy atom. The summed E-state index contributed by atoms with van der Waals surface area (Å²) in [5, 5.41) is 4.16. The molecule has 0 bridgehead atoms. The summed E-state index contributed by atoms with van der Waals surface area (Å²) in [5.74, 6) is 0. The molecule has 20 heavy (non-hydrogen) atoms. The van der Waals surface area contributed by atoms with Crippen molar-refractivity contribution in [2.24, 2.45) is 0 Å². The molecule has 0 saturated heterocycles. The van der Waals surface area contributed by atoms with Crippen molar-refractivity contribution in [1.82, 2.24) is 0 Å². The van der Waals surface area contributed by atoms with Gasteiger partial charge in [0.05, 0.1) is 0 Å². The number of halogens is 1. The van der Waals surface area contributed by atoms with Crippen LogP contribution in [0.3, 0.4) is 0 Å². The highest BCUT2D eigenvalue weighted by Crippen LogP contribution is 2.30. The Morgan fingerprint density at radius 3 is 2.25 bits per heavy atom. The largest absolute Gasteiger partial charge is 0.355 e. The van der Waals surface area contributed by atoms with E-state index in [1.165, 1.54) is 11.1 Å². The zero-order valence-electron chi connectivity index (χ0n) is 10.9. The minimum absolute atomic E-state index is 0.729. The molecule has 1 N–H and O–H groups in total. The molecule has 0 amide bonds. The van der Waals surface area contributed by atoms with Gasteiger partial charge in [0.15, 0.2) is 0 Å². The molecule has 0 saturated carbocycles. The summed E-state index contributed by atoms with van der Waals surface area (Å²) < 4.78 is 0. The minimum Gasteiger partial charge on any atom is -0.355 e. The van der Waals surface area contributed by atoms with Gasteiger partial charge in [0.1, 0.15) is 0 Å². The molecule has 3 aromatic rings. The van der Waals surface area contributed by atoms with Crippen molar-refractivity contribution >= 4 is 23.0 Å². The second-order valence-corrected chi connectivity index (χ2v) is 4.98. The van der Waals surface area contributed by atoms with Gasteiger partial charge in [-0.3, -0.25) is 0 Å². The summed E-state index contributed by atoms with van der Waals surface area (Å²) in [6.45, 7) is 0. The van der Waals surface area contributed by atoms with Crippen LogP contribution >= 0.6 is 11.6 Å². The van der Waals surface area contributed by atoms with E-state index < -0.39 is 0 Å². The predicted octanol–water partition coefficient (Wildman–Crippen LogP) is 5.75. The van der Waals surface area contributed by atoms with E-state index >= 15 is 0 Å². The number of hydrogen-bond donors (Lipinski definition) is 1. The first-order chi connectivity index (χ1) is 9.83. The standard InChI is InChI=1S/C18H14ClN/c19-15-9-6-10-16(13-15)20-18-12-5-4-11-17(18)14-7-2-1-3-8-14/h1-13,20H. The minimum atomic E-state index is 0.729. The molecule has 0 aliphatic carbocycles. The lowest BCUT2D eigenvalue weighted by Crippen LogP contribution is -1.92.